The fourth-order valence-electron chi connectivity index (χ4n) is 2.45. The lowest BCUT2D eigenvalue weighted by atomic mass is 10.1. The average Bonchev–Trinajstić information content (AvgIpc) is 2.90. The molecule has 2 N–H and O–H groups in total. The van der Waals surface area contributed by atoms with E-state index in [2.05, 4.69) is 22.3 Å². The van der Waals surface area contributed by atoms with Crippen molar-refractivity contribution in [3.05, 3.63) is 12.2 Å². The summed E-state index contributed by atoms with van der Waals surface area (Å²) in [6.45, 7) is 4.81. The molecule has 0 spiro atoms. The molecular formula is C12H22N4O. The van der Waals surface area contributed by atoms with Crippen molar-refractivity contribution in [1.82, 2.24) is 20.1 Å². The van der Waals surface area contributed by atoms with Crippen LogP contribution in [0.1, 0.15) is 38.4 Å². The van der Waals surface area contributed by atoms with E-state index in [1.165, 1.54) is 0 Å². The molecule has 1 aliphatic carbocycles. The van der Waals surface area contributed by atoms with Crippen LogP contribution < -0.4 is 5.32 Å². The van der Waals surface area contributed by atoms with E-state index >= 15 is 0 Å². The van der Waals surface area contributed by atoms with Crippen LogP contribution in [-0.2, 0) is 13.1 Å². The van der Waals surface area contributed by atoms with Crippen molar-refractivity contribution in [2.24, 2.45) is 5.92 Å². The molecule has 96 valence electrons. The van der Waals surface area contributed by atoms with Crippen molar-refractivity contribution in [2.75, 3.05) is 6.54 Å². The summed E-state index contributed by atoms with van der Waals surface area (Å²) in [6, 6.07) is 0. The maximum atomic E-state index is 9.44. The number of aromatic nitrogens is 3. The zero-order chi connectivity index (χ0) is 12.1. The van der Waals surface area contributed by atoms with E-state index in [9.17, 15) is 5.11 Å². The third kappa shape index (κ3) is 3.51. The Morgan fingerprint density at radius 2 is 2.41 bits per heavy atom. The first-order chi connectivity index (χ1) is 8.29. The van der Waals surface area contributed by atoms with Gasteiger partial charge in [-0.05, 0) is 38.1 Å². The molecule has 2 atom stereocenters. The smallest absolute Gasteiger partial charge is 0.140 e. The minimum Gasteiger partial charge on any atom is -0.393 e. The van der Waals surface area contributed by atoms with E-state index in [0.717, 1.165) is 51.1 Å². The minimum atomic E-state index is -0.0782. The minimum absolute atomic E-state index is 0.0782. The summed E-state index contributed by atoms with van der Waals surface area (Å²) in [4.78, 5) is 4.25. The summed E-state index contributed by atoms with van der Waals surface area (Å²) in [6.07, 6.45) is 5.64. The summed E-state index contributed by atoms with van der Waals surface area (Å²) in [5.41, 5.74) is 0. The molecule has 2 rings (SSSR count). The van der Waals surface area contributed by atoms with E-state index in [1.807, 2.05) is 4.68 Å². The molecule has 0 bridgehead atoms. The Morgan fingerprint density at radius 1 is 1.53 bits per heavy atom. The number of nitrogens with one attached hydrogen (secondary N) is 1. The summed E-state index contributed by atoms with van der Waals surface area (Å²) in [7, 11) is 0. The lowest BCUT2D eigenvalue weighted by Gasteiger charge is -2.11. The molecule has 5 heteroatoms. The highest BCUT2D eigenvalue weighted by Crippen LogP contribution is 2.24. The molecule has 0 saturated heterocycles. The van der Waals surface area contributed by atoms with Gasteiger partial charge in [-0.3, -0.25) is 0 Å². The zero-order valence-electron chi connectivity index (χ0n) is 10.5. The molecule has 1 saturated carbocycles. The first kappa shape index (κ1) is 12.5. The van der Waals surface area contributed by atoms with Crippen LogP contribution in [0.5, 0.6) is 0 Å². The molecular weight excluding hydrogens is 216 g/mol. The molecule has 1 fully saturated rings. The highest BCUT2D eigenvalue weighted by molar-refractivity contribution is 4.84. The second-order valence-electron chi connectivity index (χ2n) is 4.86. The third-order valence-electron chi connectivity index (χ3n) is 3.36. The van der Waals surface area contributed by atoms with Crippen LogP contribution in [0.2, 0.25) is 0 Å². The molecule has 0 aliphatic heterocycles. The van der Waals surface area contributed by atoms with E-state index in [0.29, 0.717) is 5.92 Å². The molecule has 1 aromatic heterocycles. The van der Waals surface area contributed by atoms with Gasteiger partial charge in [0.2, 0.25) is 0 Å². The van der Waals surface area contributed by atoms with Gasteiger partial charge in [-0.2, -0.15) is 5.10 Å². The Labute approximate surface area is 102 Å². The van der Waals surface area contributed by atoms with Crippen LogP contribution in [0.4, 0.5) is 0 Å². The lowest BCUT2D eigenvalue weighted by Crippen LogP contribution is -2.23. The lowest BCUT2D eigenvalue weighted by molar-refractivity contribution is 0.177. The van der Waals surface area contributed by atoms with Gasteiger partial charge in [0.25, 0.3) is 0 Å². The van der Waals surface area contributed by atoms with Gasteiger partial charge in [0.1, 0.15) is 12.2 Å². The molecule has 17 heavy (non-hydrogen) atoms. The largest absolute Gasteiger partial charge is 0.393 e. The first-order valence-corrected chi connectivity index (χ1v) is 6.55. The highest BCUT2D eigenvalue weighted by atomic mass is 16.3. The number of nitrogens with zero attached hydrogens (tertiary/aromatic N) is 3. The van der Waals surface area contributed by atoms with Crippen molar-refractivity contribution in [2.45, 2.75) is 51.8 Å². The Morgan fingerprint density at radius 3 is 3.12 bits per heavy atom. The summed E-state index contributed by atoms with van der Waals surface area (Å²) >= 11 is 0. The first-order valence-electron chi connectivity index (χ1n) is 6.55. The number of hydrogen-bond acceptors (Lipinski definition) is 4. The second kappa shape index (κ2) is 6.12. The molecule has 5 nitrogen and oxygen atoms in total. The Bertz CT molecular complexity index is 339. The maximum absolute atomic E-state index is 9.44. The monoisotopic (exact) mass is 238 g/mol. The molecule has 1 aromatic rings. The van der Waals surface area contributed by atoms with Crippen molar-refractivity contribution < 1.29 is 5.11 Å². The van der Waals surface area contributed by atoms with Crippen LogP contribution >= 0.6 is 0 Å². The van der Waals surface area contributed by atoms with E-state index in [1.54, 1.807) is 6.33 Å². The normalized spacial score (nSPS) is 24.4. The van der Waals surface area contributed by atoms with E-state index in [-0.39, 0.29) is 6.10 Å². The van der Waals surface area contributed by atoms with Crippen molar-refractivity contribution in [3.63, 3.8) is 0 Å². The standard InChI is InChI=1S/C12H22N4O/c1-2-5-16-12(14-9-15-16)8-13-7-10-3-4-11(17)6-10/h9-11,13,17H,2-8H2,1H3. The number of rotatable bonds is 6. The van der Waals surface area contributed by atoms with Gasteiger partial charge in [-0.1, -0.05) is 6.92 Å². The van der Waals surface area contributed by atoms with Gasteiger partial charge in [0.05, 0.1) is 12.6 Å². The Hall–Kier alpha value is -0.940. The topological polar surface area (TPSA) is 63.0 Å². The summed E-state index contributed by atoms with van der Waals surface area (Å²) in [5, 5.41) is 17.1. The van der Waals surface area contributed by atoms with Gasteiger partial charge in [0.15, 0.2) is 0 Å². The SMILES string of the molecule is CCCn1ncnc1CNCC1CCC(O)C1. The Kier molecular flexibility index (Phi) is 4.50. The predicted octanol–water partition coefficient (Wildman–Crippen LogP) is 0.939. The summed E-state index contributed by atoms with van der Waals surface area (Å²) < 4.78 is 1.95. The van der Waals surface area contributed by atoms with Gasteiger partial charge in [-0.25, -0.2) is 9.67 Å². The third-order valence-corrected chi connectivity index (χ3v) is 3.36. The van der Waals surface area contributed by atoms with Crippen LogP contribution in [0.25, 0.3) is 0 Å². The van der Waals surface area contributed by atoms with Gasteiger partial charge >= 0.3 is 0 Å². The number of aryl methyl sites for hydroxylation is 1. The zero-order valence-corrected chi connectivity index (χ0v) is 10.5. The van der Waals surface area contributed by atoms with Gasteiger partial charge in [0, 0.05) is 6.54 Å². The molecule has 0 amide bonds. The molecule has 0 radical (unpaired) electrons. The number of hydrogen-bond donors (Lipinski definition) is 2. The van der Waals surface area contributed by atoms with E-state index < -0.39 is 0 Å². The van der Waals surface area contributed by atoms with Crippen LogP contribution in [0, 0.1) is 5.92 Å². The average molecular weight is 238 g/mol. The molecule has 2 unspecified atom stereocenters. The number of aliphatic hydroxyl groups is 1. The fraction of sp³-hybridized carbons (Fsp3) is 0.833. The summed E-state index contributed by atoms with van der Waals surface area (Å²) in [5.74, 6) is 1.62. The molecule has 1 aliphatic rings. The van der Waals surface area contributed by atoms with Crippen molar-refractivity contribution in [1.29, 1.82) is 0 Å². The molecule has 1 heterocycles. The maximum Gasteiger partial charge on any atom is 0.140 e. The number of aliphatic hydroxyl groups excluding tert-OH is 1. The quantitative estimate of drug-likeness (QED) is 0.774. The van der Waals surface area contributed by atoms with E-state index in [4.69, 9.17) is 0 Å². The Balaban J connectivity index is 1.72. The predicted molar refractivity (Wildman–Crippen MR) is 65.4 cm³/mol. The van der Waals surface area contributed by atoms with Gasteiger partial charge in [-0.15, -0.1) is 0 Å². The van der Waals surface area contributed by atoms with Crippen LogP contribution in [0.15, 0.2) is 6.33 Å². The van der Waals surface area contributed by atoms with Crippen LogP contribution in [-0.4, -0.2) is 32.5 Å². The van der Waals surface area contributed by atoms with Crippen molar-refractivity contribution >= 4 is 0 Å². The fourth-order valence-corrected chi connectivity index (χ4v) is 2.45. The van der Waals surface area contributed by atoms with Crippen LogP contribution in [0.3, 0.4) is 0 Å². The molecule has 0 aromatic carbocycles. The second-order valence-corrected chi connectivity index (χ2v) is 4.86. The highest BCUT2D eigenvalue weighted by Gasteiger charge is 2.22. The van der Waals surface area contributed by atoms with Crippen molar-refractivity contribution in [3.8, 4) is 0 Å². The van der Waals surface area contributed by atoms with Gasteiger partial charge < -0.3 is 10.4 Å².